The van der Waals surface area contributed by atoms with Gasteiger partial charge in [-0.3, -0.25) is 10.1 Å². The average Bonchev–Trinajstić information content (AvgIpc) is 3.05. The van der Waals surface area contributed by atoms with Crippen LogP contribution >= 0.6 is 0 Å². The molecule has 0 atom stereocenters. The van der Waals surface area contributed by atoms with Crippen LogP contribution in [0.15, 0.2) is 54.7 Å². The minimum atomic E-state index is -0.998. The minimum absolute atomic E-state index is 0.00897. The molecule has 7 nitrogen and oxygen atoms in total. The number of carboxylic acids is 1. The van der Waals surface area contributed by atoms with Gasteiger partial charge in [0.1, 0.15) is 5.82 Å². The van der Waals surface area contributed by atoms with Crippen molar-refractivity contribution in [2.45, 2.75) is 0 Å². The molecule has 7 heteroatoms. The van der Waals surface area contributed by atoms with Crippen LogP contribution in [-0.4, -0.2) is 26.0 Å². The summed E-state index contributed by atoms with van der Waals surface area (Å²) in [5.74, 6) is -0.447. The van der Waals surface area contributed by atoms with Gasteiger partial charge in [0.25, 0.3) is 5.69 Å². The predicted octanol–water partition coefficient (Wildman–Crippen LogP) is 3.35. The van der Waals surface area contributed by atoms with Crippen LogP contribution in [-0.2, 0) is 0 Å². The maximum absolute atomic E-state index is 11.0. The molecule has 23 heavy (non-hydrogen) atoms. The number of nitro benzene ring substituents is 1. The van der Waals surface area contributed by atoms with Gasteiger partial charge in [-0.15, -0.1) is 0 Å². The first kappa shape index (κ1) is 14.5. The van der Waals surface area contributed by atoms with Crippen LogP contribution in [0.2, 0.25) is 0 Å². The van der Waals surface area contributed by atoms with E-state index in [1.54, 1.807) is 36.5 Å². The lowest BCUT2D eigenvalue weighted by molar-refractivity contribution is -0.384. The molecule has 0 aliphatic carbocycles. The summed E-state index contributed by atoms with van der Waals surface area (Å²) >= 11 is 0. The quantitative estimate of drug-likeness (QED) is 0.567. The van der Waals surface area contributed by atoms with Gasteiger partial charge >= 0.3 is 5.97 Å². The Morgan fingerprint density at radius 3 is 2.52 bits per heavy atom. The highest BCUT2D eigenvalue weighted by Crippen LogP contribution is 2.24. The molecule has 2 aromatic carbocycles. The normalized spacial score (nSPS) is 10.4. The zero-order valence-corrected chi connectivity index (χ0v) is 11.8. The summed E-state index contributed by atoms with van der Waals surface area (Å²) in [6.45, 7) is 0. The number of hydrogen-bond donors (Lipinski definition) is 2. The molecule has 0 bridgehead atoms. The third-order valence-corrected chi connectivity index (χ3v) is 3.35. The topological polar surface area (TPSA) is 109 Å². The van der Waals surface area contributed by atoms with Crippen molar-refractivity contribution in [3.05, 3.63) is 70.4 Å². The van der Waals surface area contributed by atoms with Crippen LogP contribution in [0, 0.1) is 10.1 Å². The van der Waals surface area contributed by atoms with Gasteiger partial charge in [0.2, 0.25) is 0 Å². The fraction of sp³-hybridized carbons (Fsp3) is 0. The number of imidazole rings is 1. The maximum atomic E-state index is 11.0. The number of aromatic nitrogens is 2. The largest absolute Gasteiger partial charge is 0.478 e. The first-order valence-corrected chi connectivity index (χ1v) is 6.68. The lowest BCUT2D eigenvalue weighted by Crippen LogP contribution is -1.95. The molecule has 0 aliphatic heterocycles. The Morgan fingerprint density at radius 1 is 1.13 bits per heavy atom. The summed E-state index contributed by atoms with van der Waals surface area (Å²) in [6.07, 6.45) is 1.59. The Kier molecular flexibility index (Phi) is 3.60. The Hall–Kier alpha value is -3.48. The zero-order chi connectivity index (χ0) is 16.4. The molecule has 3 rings (SSSR count). The molecule has 0 aliphatic rings. The molecule has 0 saturated carbocycles. The van der Waals surface area contributed by atoms with E-state index in [9.17, 15) is 14.9 Å². The second-order valence-electron chi connectivity index (χ2n) is 4.84. The van der Waals surface area contributed by atoms with Gasteiger partial charge in [0.05, 0.1) is 22.4 Å². The second-order valence-corrected chi connectivity index (χ2v) is 4.84. The number of aromatic carboxylic acids is 1. The van der Waals surface area contributed by atoms with Crippen molar-refractivity contribution >= 4 is 11.7 Å². The van der Waals surface area contributed by atoms with E-state index in [0.29, 0.717) is 22.6 Å². The third kappa shape index (κ3) is 2.93. The molecule has 114 valence electrons. The van der Waals surface area contributed by atoms with Gasteiger partial charge in [0, 0.05) is 23.3 Å². The number of carboxylic acid groups (broad SMARTS) is 1. The first-order valence-electron chi connectivity index (χ1n) is 6.68. The van der Waals surface area contributed by atoms with E-state index in [-0.39, 0.29) is 11.3 Å². The number of nitro groups is 1. The fourth-order valence-corrected chi connectivity index (χ4v) is 2.18. The van der Waals surface area contributed by atoms with E-state index in [2.05, 4.69) is 9.97 Å². The van der Waals surface area contributed by atoms with Gasteiger partial charge in [-0.1, -0.05) is 12.1 Å². The van der Waals surface area contributed by atoms with Gasteiger partial charge < -0.3 is 10.1 Å². The highest BCUT2D eigenvalue weighted by atomic mass is 16.6. The summed E-state index contributed by atoms with van der Waals surface area (Å²) < 4.78 is 0. The molecule has 0 radical (unpaired) electrons. The molecule has 0 spiro atoms. The SMILES string of the molecule is O=C(O)c1cccc(-c2cnc(-c3ccc([N+](=O)[O-])cc3)[nH]2)c1. The lowest BCUT2D eigenvalue weighted by atomic mass is 10.1. The Balaban J connectivity index is 1.92. The number of H-pyrrole nitrogens is 1. The average molecular weight is 309 g/mol. The van der Waals surface area contributed by atoms with E-state index >= 15 is 0 Å². The van der Waals surface area contributed by atoms with Gasteiger partial charge in [-0.25, -0.2) is 9.78 Å². The summed E-state index contributed by atoms with van der Waals surface area (Å²) in [5, 5.41) is 19.7. The minimum Gasteiger partial charge on any atom is -0.478 e. The number of nitrogens with one attached hydrogen (secondary N) is 1. The van der Waals surface area contributed by atoms with Crippen molar-refractivity contribution in [2.75, 3.05) is 0 Å². The van der Waals surface area contributed by atoms with Crippen LogP contribution < -0.4 is 0 Å². The smallest absolute Gasteiger partial charge is 0.335 e. The van der Waals surface area contributed by atoms with Crippen LogP contribution in [0.5, 0.6) is 0 Å². The molecule has 1 heterocycles. The van der Waals surface area contributed by atoms with Gasteiger partial charge in [-0.2, -0.15) is 0 Å². The van der Waals surface area contributed by atoms with Crippen molar-refractivity contribution < 1.29 is 14.8 Å². The maximum Gasteiger partial charge on any atom is 0.335 e. The number of rotatable bonds is 4. The molecule has 0 fully saturated rings. The lowest BCUT2D eigenvalue weighted by Gasteiger charge is -2.00. The van der Waals surface area contributed by atoms with E-state index < -0.39 is 10.9 Å². The van der Waals surface area contributed by atoms with Crippen molar-refractivity contribution in [2.24, 2.45) is 0 Å². The summed E-state index contributed by atoms with van der Waals surface area (Å²) in [5.41, 5.74) is 2.27. The van der Waals surface area contributed by atoms with Gasteiger partial charge in [0.15, 0.2) is 0 Å². The number of benzene rings is 2. The van der Waals surface area contributed by atoms with E-state index in [1.807, 2.05) is 0 Å². The number of non-ortho nitro benzene ring substituents is 1. The number of carbonyl (C=O) groups is 1. The fourth-order valence-electron chi connectivity index (χ4n) is 2.18. The summed E-state index contributed by atoms with van der Waals surface area (Å²) in [7, 11) is 0. The molecule has 0 amide bonds. The molecule has 0 unspecified atom stereocenters. The summed E-state index contributed by atoms with van der Waals surface area (Å²) in [4.78, 5) is 28.5. The van der Waals surface area contributed by atoms with Gasteiger partial charge in [-0.05, 0) is 24.3 Å². The highest BCUT2D eigenvalue weighted by Gasteiger charge is 2.10. The molecular formula is C16H11N3O4. The van der Waals surface area contributed by atoms with E-state index in [1.165, 1.54) is 18.2 Å². The molecule has 3 aromatic rings. The molecule has 0 saturated heterocycles. The molecular weight excluding hydrogens is 298 g/mol. The monoisotopic (exact) mass is 309 g/mol. The van der Waals surface area contributed by atoms with Crippen LogP contribution in [0.1, 0.15) is 10.4 Å². The van der Waals surface area contributed by atoms with Crippen LogP contribution in [0.3, 0.4) is 0 Å². The molecule has 1 aromatic heterocycles. The number of hydrogen-bond acceptors (Lipinski definition) is 4. The number of aromatic amines is 1. The first-order chi connectivity index (χ1) is 11.0. The van der Waals surface area contributed by atoms with Crippen molar-refractivity contribution in [1.29, 1.82) is 0 Å². The highest BCUT2D eigenvalue weighted by molar-refractivity contribution is 5.89. The zero-order valence-electron chi connectivity index (χ0n) is 11.8. The standard InChI is InChI=1S/C16H11N3O4/c20-16(21)12-3-1-2-11(8-12)14-9-17-15(18-14)10-4-6-13(7-5-10)19(22)23/h1-9H,(H,17,18)(H,20,21). The van der Waals surface area contributed by atoms with Crippen molar-refractivity contribution in [3.8, 4) is 22.6 Å². The van der Waals surface area contributed by atoms with Crippen molar-refractivity contribution in [3.63, 3.8) is 0 Å². The van der Waals surface area contributed by atoms with Crippen LogP contribution in [0.25, 0.3) is 22.6 Å². The second kappa shape index (κ2) is 5.72. The van der Waals surface area contributed by atoms with Crippen molar-refractivity contribution in [1.82, 2.24) is 9.97 Å². The van der Waals surface area contributed by atoms with E-state index in [0.717, 1.165) is 0 Å². The Bertz CT molecular complexity index is 884. The number of nitrogens with zero attached hydrogens (tertiary/aromatic N) is 2. The summed E-state index contributed by atoms with van der Waals surface area (Å²) in [6, 6.07) is 12.5. The third-order valence-electron chi connectivity index (χ3n) is 3.35. The van der Waals surface area contributed by atoms with E-state index in [4.69, 9.17) is 5.11 Å². The van der Waals surface area contributed by atoms with Crippen LogP contribution in [0.4, 0.5) is 5.69 Å². The Labute approximate surface area is 130 Å². The molecule has 2 N–H and O–H groups in total. The Morgan fingerprint density at radius 2 is 1.87 bits per heavy atom. The predicted molar refractivity (Wildman–Crippen MR) is 83.1 cm³/mol.